The molecule has 0 fully saturated rings. The molecular weight excluding hydrogens is 389 g/mol. The maximum absolute atomic E-state index is 12.4. The van der Waals surface area contributed by atoms with Crippen LogP contribution in [0.25, 0.3) is 11.3 Å². The summed E-state index contributed by atoms with van der Waals surface area (Å²) in [6.07, 6.45) is -0.799. The van der Waals surface area contributed by atoms with E-state index in [2.05, 4.69) is 15.5 Å². The van der Waals surface area contributed by atoms with Crippen molar-refractivity contribution in [2.24, 2.45) is 0 Å². The van der Waals surface area contributed by atoms with Crippen LogP contribution in [0.3, 0.4) is 0 Å². The Morgan fingerprint density at radius 3 is 2.67 bits per heavy atom. The molecule has 1 atom stereocenters. The molecule has 0 spiro atoms. The van der Waals surface area contributed by atoms with E-state index in [1.54, 1.807) is 38.3 Å². The molecule has 27 heavy (non-hydrogen) atoms. The Morgan fingerprint density at radius 1 is 1.15 bits per heavy atom. The maximum atomic E-state index is 12.4. The Kier molecular flexibility index (Phi) is 5.88. The second kappa shape index (κ2) is 8.33. The Balaban J connectivity index is 1.69. The van der Waals surface area contributed by atoms with Gasteiger partial charge in [0.05, 0.1) is 17.8 Å². The first kappa shape index (κ1) is 19.1. The minimum absolute atomic E-state index is 0.261. The van der Waals surface area contributed by atoms with Crippen molar-refractivity contribution in [1.29, 1.82) is 0 Å². The fourth-order valence-electron chi connectivity index (χ4n) is 2.44. The van der Waals surface area contributed by atoms with Gasteiger partial charge in [-0.3, -0.25) is 9.89 Å². The number of para-hydroxylation sites is 1. The summed E-state index contributed by atoms with van der Waals surface area (Å²) in [7, 11) is 1.60. The predicted molar refractivity (Wildman–Crippen MR) is 106 cm³/mol. The molecule has 2 aromatic carbocycles. The minimum Gasteiger partial charge on any atom is -0.496 e. The number of H-pyrrole nitrogens is 1. The van der Waals surface area contributed by atoms with Gasteiger partial charge in [-0.1, -0.05) is 41.4 Å². The SMILES string of the molecule is COc1ccccc1-c1cc(NC(=O)C(C)Oc2cccc(Cl)c2Cl)n[nH]1. The lowest BCUT2D eigenvalue weighted by Crippen LogP contribution is -2.30. The van der Waals surface area contributed by atoms with Crippen molar-refractivity contribution in [3.05, 3.63) is 58.6 Å². The number of hydrogen-bond acceptors (Lipinski definition) is 4. The standard InChI is InChI=1S/C19H17Cl2N3O3/c1-11(27-16-9-5-7-13(20)18(16)21)19(25)22-17-10-14(23-24-17)12-6-3-4-8-15(12)26-2/h3-11H,1-2H3,(H2,22,23,24,25). The molecule has 3 rings (SSSR count). The summed E-state index contributed by atoms with van der Waals surface area (Å²) in [5.41, 5.74) is 1.55. The number of ether oxygens (including phenoxy) is 2. The average molecular weight is 406 g/mol. The number of carbonyl (C=O) groups is 1. The first-order valence-electron chi connectivity index (χ1n) is 8.10. The van der Waals surface area contributed by atoms with E-state index in [0.29, 0.717) is 28.0 Å². The monoisotopic (exact) mass is 405 g/mol. The molecule has 6 nitrogen and oxygen atoms in total. The number of nitrogens with zero attached hydrogens (tertiary/aromatic N) is 1. The van der Waals surface area contributed by atoms with Crippen LogP contribution in [0.2, 0.25) is 10.0 Å². The highest BCUT2D eigenvalue weighted by atomic mass is 35.5. The molecule has 2 N–H and O–H groups in total. The quantitative estimate of drug-likeness (QED) is 0.617. The normalized spacial score (nSPS) is 11.7. The van der Waals surface area contributed by atoms with Crippen molar-refractivity contribution in [1.82, 2.24) is 10.2 Å². The highest BCUT2D eigenvalue weighted by Gasteiger charge is 2.18. The van der Waals surface area contributed by atoms with Gasteiger partial charge in [0.15, 0.2) is 11.9 Å². The van der Waals surface area contributed by atoms with Crippen molar-refractivity contribution < 1.29 is 14.3 Å². The number of anilines is 1. The number of aromatic nitrogens is 2. The number of rotatable bonds is 6. The van der Waals surface area contributed by atoms with E-state index in [1.807, 2.05) is 24.3 Å². The van der Waals surface area contributed by atoms with Crippen molar-refractivity contribution >= 4 is 34.9 Å². The van der Waals surface area contributed by atoms with E-state index in [0.717, 1.165) is 5.56 Å². The third kappa shape index (κ3) is 4.35. The molecule has 3 aromatic rings. The Morgan fingerprint density at radius 2 is 1.89 bits per heavy atom. The molecule has 1 heterocycles. The summed E-state index contributed by atoms with van der Waals surface area (Å²) < 4.78 is 10.9. The maximum Gasteiger partial charge on any atom is 0.266 e. The summed E-state index contributed by atoms with van der Waals surface area (Å²) in [6, 6.07) is 14.2. The van der Waals surface area contributed by atoms with Crippen LogP contribution in [0.5, 0.6) is 11.5 Å². The van der Waals surface area contributed by atoms with Gasteiger partial charge in [-0.25, -0.2) is 0 Å². The van der Waals surface area contributed by atoms with E-state index in [1.165, 1.54) is 0 Å². The minimum atomic E-state index is -0.799. The zero-order valence-electron chi connectivity index (χ0n) is 14.6. The smallest absolute Gasteiger partial charge is 0.266 e. The summed E-state index contributed by atoms with van der Waals surface area (Å²) >= 11 is 12.0. The van der Waals surface area contributed by atoms with Crippen molar-refractivity contribution in [3.8, 4) is 22.8 Å². The van der Waals surface area contributed by atoms with E-state index in [4.69, 9.17) is 32.7 Å². The van der Waals surface area contributed by atoms with Gasteiger partial charge in [-0.2, -0.15) is 5.10 Å². The van der Waals surface area contributed by atoms with Crippen LogP contribution in [0.1, 0.15) is 6.92 Å². The molecular formula is C19H17Cl2N3O3. The van der Waals surface area contributed by atoms with Crippen LogP contribution < -0.4 is 14.8 Å². The molecule has 0 aliphatic heterocycles. The molecule has 0 saturated heterocycles. The summed E-state index contributed by atoms with van der Waals surface area (Å²) in [4.78, 5) is 12.4. The fourth-order valence-corrected chi connectivity index (χ4v) is 2.77. The number of halogens is 2. The molecule has 1 aromatic heterocycles. The largest absolute Gasteiger partial charge is 0.496 e. The average Bonchev–Trinajstić information content (AvgIpc) is 3.13. The first-order valence-corrected chi connectivity index (χ1v) is 8.85. The van der Waals surface area contributed by atoms with Gasteiger partial charge in [0.2, 0.25) is 0 Å². The predicted octanol–water partition coefficient (Wildman–Crippen LogP) is 4.80. The third-order valence-corrected chi connectivity index (χ3v) is 4.62. The van der Waals surface area contributed by atoms with Gasteiger partial charge in [0.1, 0.15) is 16.5 Å². The number of methoxy groups -OCH3 is 1. The lowest BCUT2D eigenvalue weighted by molar-refractivity contribution is -0.122. The zero-order valence-corrected chi connectivity index (χ0v) is 16.1. The van der Waals surface area contributed by atoms with Gasteiger partial charge in [-0.15, -0.1) is 0 Å². The lowest BCUT2D eigenvalue weighted by atomic mass is 10.1. The summed E-state index contributed by atoms with van der Waals surface area (Å²) in [6.45, 7) is 1.61. The van der Waals surface area contributed by atoms with Gasteiger partial charge in [-0.05, 0) is 31.2 Å². The van der Waals surface area contributed by atoms with Crippen LogP contribution in [-0.4, -0.2) is 29.3 Å². The number of benzene rings is 2. The molecule has 8 heteroatoms. The number of carbonyl (C=O) groups excluding carboxylic acids is 1. The molecule has 140 valence electrons. The molecule has 1 amide bonds. The van der Waals surface area contributed by atoms with Gasteiger partial charge < -0.3 is 14.8 Å². The zero-order chi connectivity index (χ0) is 19.4. The number of aromatic amines is 1. The number of nitrogens with one attached hydrogen (secondary N) is 2. The summed E-state index contributed by atoms with van der Waals surface area (Å²) in [5, 5.41) is 10.3. The number of amides is 1. The molecule has 0 aliphatic carbocycles. The van der Waals surface area contributed by atoms with Gasteiger partial charge in [0.25, 0.3) is 5.91 Å². The van der Waals surface area contributed by atoms with E-state index in [9.17, 15) is 4.79 Å². The van der Waals surface area contributed by atoms with E-state index >= 15 is 0 Å². The fraction of sp³-hybridized carbons (Fsp3) is 0.158. The van der Waals surface area contributed by atoms with Crippen molar-refractivity contribution in [2.45, 2.75) is 13.0 Å². The van der Waals surface area contributed by atoms with Crippen LogP contribution in [0.15, 0.2) is 48.5 Å². The molecule has 0 aliphatic rings. The van der Waals surface area contributed by atoms with Gasteiger partial charge in [0, 0.05) is 11.6 Å². The topological polar surface area (TPSA) is 76.2 Å². The molecule has 0 bridgehead atoms. The molecule has 0 radical (unpaired) electrons. The van der Waals surface area contributed by atoms with Crippen LogP contribution in [-0.2, 0) is 4.79 Å². The first-order chi connectivity index (χ1) is 13.0. The number of hydrogen-bond donors (Lipinski definition) is 2. The molecule has 0 saturated carbocycles. The second-order valence-corrected chi connectivity index (χ2v) is 6.45. The van der Waals surface area contributed by atoms with Crippen LogP contribution >= 0.6 is 23.2 Å². The van der Waals surface area contributed by atoms with E-state index < -0.39 is 6.10 Å². The third-order valence-electron chi connectivity index (χ3n) is 3.82. The van der Waals surface area contributed by atoms with E-state index in [-0.39, 0.29) is 10.9 Å². The van der Waals surface area contributed by atoms with Crippen molar-refractivity contribution in [2.75, 3.05) is 12.4 Å². The van der Waals surface area contributed by atoms with Crippen LogP contribution in [0.4, 0.5) is 5.82 Å². The Labute approximate surface area is 166 Å². The van der Waals surface area contributed by atoms with Crippen molar-refractivity contribution in [3.63, 3.8) is 0 Å². The van der Waals surface area contributed by atoms with Crippen LogP contribution in [0, 0.1) is 0 Å². The van der Waals surface area contributed by atoms with Gasteiger partial charge >= 0.3 is 0 Å². The Bertz CT molecular complexity index is 959. The second-order valence-electron chi connectivity index (χ2n) is 5.67. The highest BCUT2D eigenvalue weighted by Crippen LogP contribution is 2.32. The lowest BCUT2D eigenvalue weighted by Gasteiger charge is -2.15. The summed E-state index contributed by atoms with van der Waals surface area (Å²) in [5.74, 6) is 1.03. The molecule has 1 unspecified atom stereocenters. The Hall–Kier alpha value is -2.70. The highest BCUT2D eigenvalue weighted by molar-refractivity contribution is 6.42.